The van der Waals surface area contributed by atoms with E-state index in [9.17, 15) is 5.11 Å². The van der Waals surface area contributed by atoms with Gasteiger partial charge in [0.05, 0.1) is 31.9 Å². The van der Waals surface area contributed by atoms with Gasteiger partial charge in [0, 0.05) is 18.3 Å². The Balaban J connectivity index is 2.00. The van der Waals surface area contributed by atoms with Crippen LogP contribution in [0.4, 0.5) is 5.69 Å². The average Bonchev–Trinajstić information content (AvgIpc) is 2.99. The van der Waals surface area contributed by atoms with Gasteiger partial charge in [0.1, 0.15) is 0 Å². The zero-order chi connectivity index (χ0) is 18.6. The lowest BCUT2D eigenvalue weighted by atomic mass is 10.0. The highest BCUT2D eigenvalue weighted by Crippen LogP contribution is 2.42. The van der Waals surface area contributed by atoms with E-state index in [1.165, 1.54) is 11.8 Å². The normalized spacial score (nSPS) is 21.0. The van der Waals surface area contributed by atoms with E-state index >= 15 is 0 Å². The standard InChI is InChI=1S/C19H21N3O3S/c1-4-10-22-18(21-15-6-5-9-20-12-15)26-13-19(22,23)14-7-8-16(24-2)17(11-14)25-3/h4-9,11-12,23H,1,10,13H2,2-3H3. The molecule has 136 valence electrons. The molecule has 1 aliphatic rings. The fraction of sp³-hybridized carbons (Fsp3) is 0.263. The lowest BCUT2D eigenvalue weighted by Gasteiger charge is -2.34. The van der Waals surface area contributed by atoms with Crippen LogP contribution in [0.5, 0.6) is 11.5 Å². The van der Waals surface area contributed by atoms with E-state index < -0.39 is 5.72 Å². The molecule has 1 saturated heterocycles. The van der Waals surface area contributed by atoms with Crippen molar-refractivity contribution in [1.82, 2.24) is 9.88 Å². The smallest absolute Gasteiger partial charge is 0.176 e. The van der Waals surface area contributed by atoms with Gasteiger partial charge in [-0.15, -0.1) is 6.58 Å². The molecule has 0 radical (unpaired) electrons. The number of aromatic nitrogens is 1. The first-order valence-corrected chi connectivity index (χ1v) is 9.06. The second kappa shape index (κ2) is 7.80. The number of thioether (sulfide) groups is 1. The van der Waals surface area contributed by atoms with Crippen molar-refractivity contribution in [3.05, 3.63) is 60.9 Å². The maximum absolute atomic E-state index is 11.4. The number of rotatable bonds is 6. The molecule has 7 heteroatoms. The summed E-state index contributed by atoms with van der Waals surface area (Å²) in [7, 11) is 3.16. The number of aliphatic imine (C=N–C) groups is 1. The number of nitrogens with zero attached hydrogens (tertiary/aromatic N) is 3. The molecule has 1 aliphatic heterocycles. The van der Waals surface area contributed by atoms with Gasteiger partial charge in [-0.2, -0.15) is 0 Å². The van der Waals surface area contributed by atoms with Crippen molar-refractivity contribution in [2.24, 2.45) is 4.99 Å². The summed E-state index contributed by atoms with van der Waals surface area (Å²) in [6, 6.07) is 9.13. The molecule has 1 N–H and O–H groups in total. The van der Waals surface area contributed by atoms with E-state index in [0.717, 1.165) is 10.9 Å². The van der Waals surface area contributed by atoms with Crippen LogP contribution in [-0.4, -0.2) is 46.7 Å². The van der Waals surface area contributed by atoms with E-state index in [4.69, 9.17) is 9.47 Å². The van der Waals surface area contributed by atoms with Crippen LogP contribution in [0.15, 0.2) is 60.4 Å². The number of amidine groups is 1. The number of benzene rings is 1. The number of hydrogen-bond acceptors (Lipinski definition) is 6. The Morgan fingerprint density at radius 2 is 2.15 bits per heavy atom. The molecule has 0 saturated carbocycles. The summed E-state index contributed by atoms with van der Waals surface area (Å²) in [6.45, 7) is 4.27. The highest BCUT2D eigenvalue weighted by atomic mass is 32.2. The number of aliphatic hydroxyl groups is 1. The van der Waals surface area contributed by atoms with Gasteiger partial charge in [0.25, 0.3) is 0 Å². The van der Waals surface area contributed by atoms with Gasteiger partial charge in [-0.3, -0.25) is 4.98 Å². The minimum atomic E-state index is -1.22. The summed E-state index contributed by atoms with van der Waals surface area (Å²) in [5.41, 5.74) is 0.223. The summed E-state index contributed by atoms with van der Waals surface area (Å²) in [4.78, 5) is 10.6. The van der Waals surface area contributed by atoms with E-state index in [-0.39, 0.29) is 0 Å². The van der Waals surface area contributed by atoms with E-state index in [0.29, 0.717) is 29.4 Å². The van der Waals surface area contributed by atoms with Crippen molar-refractivity contribution in [3.63, 3.8) is 0 Å². The van der Waals surface area contributed by atoms with Crippen LogP contribution >= 0.6 is 11.8 Å². The second-order valence-electron chi connectivity index (χ2n) is 5.68. The van der Waals surface area contributed by atoms with Crippen LogP contribution in [0.3, 0.4) is 0 Å². The van der Waals surface area contributed by atoms with Crippen LogP contribution in [0.1, 0.15) is 5.56 Å². The summed E-state index contributed by atoms with van der Waals surface area (Å²) in [5.74, 6) is 1.62. The Bertz CT molecular complexity index is 813. The van der Waals surface area contributed by atoms with Gasteiger partial charge in [-0.05, 0) is 24.3 Å². The third-order valence-corrected chi connectivity index (χ3v) is 5.22. The van der Waals surface area contributed by atoms with Crippen LogP contribution < -0.4 is 9.47 Å². The Labute approximate surface area is 157 Å². The maximum Gasteiger partial charge on any atom is 0.176 e. The van der Waals surface area contributed by atoms with Gasteiger partial charge in [0.15, 0.2) is 22.4 Å². The molecule has 1 unspecified atom stereocenters. The van der Waals surface area contributed by atoms with Crippen LogP contribution in [0, 0.1) is 0 Å². The van der Waals surface area contributed by atoms with Gasteiger partial charge in [-0.25, -0.2) is 4.99 Å². The summed E-state index contributed by atoms with van der Waals surface area (Å²) in [6.07, 6.45) is 5.14. The number of hydrogen-bond donors (Lipinski definition) is 1. The van der Waals surface area contributed by atoms with Crippen LogP contribution in [-0.2, 0) is 5.72 Å². The minimum Gasteiger partial charge on any atom is -0.493 e. The lowest BCUT2D eigenvalue weighted by molar-refractivity contribution is -0.0423. The van der Waals surface area contributed by atoms with Gasteiger partial charge in [-0.1, -0.05) is 23.9 Å². The molecule has 6 nitrogen and oxygen atoms in total. The molecule has 1 aromatic carbocycles. The van der Waals surface area contributed by atoms with Crippen LogP contribution in [0.25, 0.3) is 0 Å². The zero-order valence-electron chi connectivity index (χ0n) is 14.8. The monoisotopic (exact) mass is 371 g/mol. The largest absolute Gasteiger partial charge is 0.493 e. The van der Waals surface area contributed by atoms with Gasteiger partial charge >= 0.3 is 0 Å². The highest BCUT2D eigenvalue weighted by Gasteiger charge is 2.44. The Kier molecular flexibility index (Phi) is 5.49. The van der Waals surface area contributed by atoms with Gasteiger partial charge in [0.2, 0.25) is 0 Å². The molecule has 2 heterocycles. The molecule has 1 fully saturated rings. The minimum absolute atomic E-state index is 0.440. The first kappa shape index (κ1) is 18.3. The molecule has 0 amide bonds. The topological polar surface area (TPSA) is 67.2 Å². The number of ether oxygens (including phenoxy) is 2. The third kappa shape index (κ3) is 3.40. The Hall–Kier alpha value is -2.51. The Morgan fingerprint density at radius 1 is 1.35 bits per heavy atom. The molecule has 26 heavy (non-hydrogen) atoms. The molecule has 0 bridgehead atoms. The lowest BCUT2D eigenvalue weighted by Crippen LogP contribution is -2.45. The molecule has 3 rings (SSSR count). The Morgan fingerprint density at radius 3 is 2.81 bits per heavy atom. The second-order valence-corrected chi connectivity index (χ2v) is 6.62. The first-order chi connectivity index (χ1) is 12.6. The molecule has 1 aromatic heterocycles. The number of methoxy groups -OCH3 is 2. The van der Waals surface area contributed by atoms with Crippen molar-refractivity contribution in [3.8, 4) is 11.5 Å². The molecular weight excluding hydrogens is 350 g/mol. The first-order valence-electron chi connectivity index (χ1n) is 8.07. The predicted octanol–water partition coefficient (Wildman–Crippen LogP) is 3.17. The molecule has 0 spiro atoms. The van der Waals surface area contributed by atoms with Crippen molar-refractivity contribution in [2.45, 2.75) is 5.72 Å². The fourth-order valence-electron chi connectivity index (χ4n) is 2.78. The average molecular weight is 371 g/mol. The molecular formula is C19H21N3O3S. The van der Waals surface area contributed by atoms with Crippen molar-refractivity contribution >= 4 is 22.6 Å². The van der Waals surface area contributed by atoms with Crippen molar-refractivity contribution < 1.29 is 14.6 Å². The molecule has 0 aliphatic carbocycles. The summed E-state index contributed by atoms with van der Waals surface area (Å²) >= 11 is 1.49. The highest BCUT2D eigenvalue weighted by molar-refractivity contribution is 8.14. The van der Waals surface area contributed by atoms with E-state index in [1.807, 2.05) is 23.1 Å². The van der Waals surface area contributed by atoms with Crippen molar-refractivity contribution in [2.75, 3.05) is 26.5 Å². The van der Waals surface area contributed by atoms with Crippen LogP contribution in [0.2, 0.25) is 0 Å². The maximum atomic E-state index is 11.4. The quantitative estimate of drug-likeness (QED) is 0.787. The van der Waals surface area contributed by atoms with E-state index in [1.54, 1.807) is 44.8 Å². The SMILES string of the molecule is C=CCN1C(=Nc2cccnc2)SCC1(O)c1ccc(OC)c(OC)c1. The third-order valence-electron chi connectivity index (χ3n) is 4.11. The molecule has 1 atom stereocenters. The van der Waals surface area contributed by atoms with Gasteiger partial charge < -0.3 is 19.5 Å². The predicted molar refractivity (Wildman–Crippen MR) is 104 cm³/mol. The zero-order valence-corrected chi connectivity index (χ0v) is 15.6. The van der Waals surface area contributed by atoms with Crippen molar-refractivity contribution in [1.29, 1.82) is 0 Å². The number of pyridine rings is 1. The summed E-state index contributed by atoms with van der Waals surface area (Å²) < 4.78 is 10.7. The van der Waals surface area contributed by atoms with E-state index in [2.05, 4.69) is 16.6 Å². The molecule has 2 aromatic rings. The fourth-order valence-corrected chi connectivity index (χ4v) is 3.99. The summed E-state index contributed by atoms with van der Waals surface area (Å²) in [5, 5.41) is 12.2.